The van der Waals surface area contributed by atoms with Crippen molar-refractivity contribution in [2.45, 2.75) is 26.3 Å². The van der Waals surface area contributed by atoms with Gasteiger partial charge in [-0.1, -0.05) is 11.6 Å². The summed E-state index contributed by atoms with van der Waals surface area (Å²) >= 11 is 6.14. The lowest BCUT2D eigenvalue weighted by molar-refractivity contribution is 0.0935. The summed E-state index contributed by atoms with van der Waals surface area (Å²) in [5.41, 5.74) is 2.09. The topological polar surface area (TPSA) is 71.8 Å². The Hall–Kier alpha value is -1.92. The molecule has 1 amide bonds. The average molecular weight is 320 g/mol. The number of aromatic nitrogens is 3. The molecule has 0 bridgehead atoms. The summed E-state index contributed by atoms with van der Waals surface area (Å²) in [6, 6.07) is 5.53. The molecule has 2 aromatic heterocycles. The first-order valence-electron chi connectivity index (χ1n) is 7.26. The maximum absolute atomic E-state index is 12.4. The maximum Gasteiger partial charge on any atom is 0.271 e. The van der Waals surface area contributed by atoms with E-state index in [4.69, 9.17) is 11.6 Å². The molecule has 0 spiro atoms. The first-order chi connectivity index (χ1) is 10.5. The zero-order chi connectivity index (χ0) is 15.7. The number of nitrogens with zero attached hydrogens (tertiary/aromatic N) is 3. The largest absolute Gasteiger partial charge is 0.347 e. The molecule has 2 N–H and O–H groups in total. The smallest absolute Gasteiger partial charge is 0.271 e. The molecule has 1 fully saturated rings. The number of carbonyl (C=O) groups excluding carboxylic acids is 1. The van der Waals surface area contributed by atoms with Crippen molar-refractivity contribution >= 4 is 17.5 Å². The van der Waals surface area contributed by atoms with Crippen molar-refractivity contribution in [2.24, 2.45) is 0 Å². The first kappa shape index (κ1) is 15.0. The molecule has 3 rings (SSSR count). The van der Waals surface area contributed by atoms with Crippen LogP contribution in [0.2, 0.25) is 5.02 Å². The molecule has 0 radical (unpaired) electrons. The maximum atomic E-state index is 12.4. The Morgan fingerprint density at radius 3 is 2.91 bits per heavy atom. The van der Waals surface area contributed by atoms with E-state index in [1.165, 1.54) is 0 Å². The highest BCUT2D eigenvalue weighted by Gasteiger charge is 2.21. The van der Waals surface area contributed by atoms with Crippen molar-refractivity contribution in [1.29, 1.82) is 0 Å². The van der Waals surface area contributed by atoms with Crippen LogP contribution in [0.3, 0.4) is 0 Å². The van der Waals surface area contributed by atoms with E-state index < -0.39 is 0 Å². The number of hydrogen-bond acceptors (Lipinski definition) is 4. The van der Waals surface area contributed by atoms with E-state index in [-0.39, 0.29) is 17.6 Å². The molecule has 1 saturated heterocycles. The fraction of sp³-hybridized carbons (Fsp3) is 0.400. The predicted molar refractivity (Wildman–Crippen MR) is 84.6 cm³/mol. The molecule has 6 nitrogen and oxygen atoms in total. The van der Waals surface area contributed by atoms with Crippen LogP contribution in [0.25, 0.3) is 5.82 Å². The quantitative estimate of drug-likeness (QED) is 0.902. The minimum atomic E-state index is -0.248. The second-order valence-electron chi connectivity index (χ2n) is 5.50. The van der Waals surface area contributed by atoms with Crippen LogP contribution in [-0.2, 0) is 0 Å². The Bertz CT molecular complexity index is 706. The van der Waals surface area contributed by atoms with Crippen molar-refractivity contribution in [3.63, 3.8) is 0 Å². The first-order valence-corrected chi connectivity index (χ1v) is 7.64. The molecule has 1 unspecified atom stereocenters. The standard InChI is InChI=1S/C15H18ClN5O/c1-9-7-10(2)21(20-9)13-4-3-12(16)14(19-13)15(22)18-11-5-6-17-8-11/h3-4,7,11,17H,5-6,8H2,1-2H3,(H,18,22). The van der Waals surface area contributed by atoms with Crippen LogP contribution in [0.1, 0.15) is 28.3 Å². The fourth-order valence-corrected chi connectivity index (χ4v) is 2.79. The van der Waals surface area contributed by atoms with Crippen molar-refractivity contribution < 1.29 is 4.79 Å². The highest BCUT2D eigenvalue weighted by molar-refractivity contribution is 6.33. The zero-order valence-electron chi connectivity index (χ0n) is 12.6. The summed E-state index contributed by atoms with van der Waals surface area (Å²) in [7, 11) is 0. The molecule has 3 heterocycles. The molecule has 2 aromatic rings. The summed E-state index contributed by atoms with van der Waals surface area (Å²) in [6.07, 6.45) is 0.917. The summed E-state index contributed by atoms with van der Waals surface area (Å²) in [6.45, 7) is 5.55. The Morgan fingerprint density at radius 1 is 1.45 bits per heavy atom. The van der Waals surface area contributed by atoms with E-state index in [9.17, 15) is 4.79 Å². The Balaban J connectivity index is 1.89. The lowest BCUT2D eigenvalue weighted by Crippen LogP contribution is -2.36. The third-order valence-corrected chi connectivity index (χ3v) is 3.97. The molecule has 1 atom stereocenters. The van der Waals surface area contributed by atoms with Crippen LogP contribution >= 0.6 is 11.6 Å². The number of aryl methyl sites for hydroxylation is 2. The third-order valence-electron chi connectivity index (χ3n) is 3.67. The van der Waals surface area contributed by atoms with Crippen molar-refractivity contribution in [3.05, 3.63) is 40.3 Å². The number of amides is 1. The number of rotatable bonds is 3. The van der Waals surface area contributed by atoms with Gasteiger partial charge in [0.2, 0.25) is 0 Å². The molecule has 22 heavy (non-hydrogen) atoms. The second-order valence-corrected chi connectivity index (χ2v) is 5.91. The Labute approximate surface area is 133 Å². The van der Waals surface area contributed by atoms with E-state index in [0.717, 1.165) is 30.9 Å². The molecule has 7 heteroatoms. The molecular formula is C15H18ClN5O. The van der Waals surface area contributed by atoms with Crippen LogP contribution in [0, 0.1) is 13.8 Å². The van der Waals surface area contributed by atoms with Crippen molar-refractivity contribution in [2.75, 3.05) is 13.1 Å². The zero-order valence-corrected chi connectivity index (χ0v) is 13.3. The van der Waals surface area contributed by atoms with Gasteiger partial charge in [-0.15, -0.1) is 0 Å². The fourth-order valence-electron chi connectivity index (χ4n) is 2.60. The SMILES string of the molecule is Cc1cc(C)n(-c2ccc(Cl)c(C(=O)NC3CCNC3)n2)n1. The van der Waals surface area contributed by atoms with E-state index in [0.29, 0.717) is 10.8 Å². The number of nitrogens with one attached hydrogen (secondary N) is 2. The molecule has 0 aromatic carbocycles. The molecule has 0 saturated carbocycles. The summed E-state index contributed by atoms with van der Waals surface area (Å²) < 4.78 is 1.71. The van der Waals surface area contributed by atoms with Gasteiger partial charge in [-0.05, 0) is 45.0 Å². The van der Waals surface area contributed by atoms with E-state index in [1.807, 2.05) is 19.9 Å². The average Bonchev–Trinajstić information content (AvgIpc) is 3.09. The monoisotopic (exact) mass is 319 g/mol. The van der Waals surface area contributed by atoms with Crippen LogP contribution in [0.4, 0.5) is 0 Å². The molecule has 116 valence electrons. The van der Waals surface area contributed by atoms with E-state index in [2.05, 4.69) is 20.7 Å². The van der Waals surface area contributed by atoms with Gasteiger partial charge in [-0.2, -0.15) is 5.10 Å². The minimum absolute atomic E-state index is 0.128. The molecular weight excluding hydrogens is 302 g/mol. The van der Waals surface area contributed by atoms with Gasteiger partial charge in [0.15, 0.2) is 5.82 Å². The molecule has 1 aliphatic rings. The Morgan fingerprint density at radius 2 is 2.27 bits per heavy atom. The number of hydrogen-bond donors (Lipinski definition) is 2. The van der Waals surface area contributed by atoms with Crippen LogP contribution in [0.5, 0.6) is 0 Å². The van der Waals surface area contributed by atoms with Gasteiger partial charge >= 0.3 is 0 Å². The highest BCUT2D eigenvalue weighted by Crippen LogP contribution is 2.18. The molecule has 1 aliphatic heterocycles. The van der Waals surface area contributed by atoms with Crippen molar-refractivity contribution in [3.8, 4) is 5.82 Å². The summed E-state index contributed by atoms with van der Waals surface area (Å²) in [4.78, 5) is 16.8. The van der Waals surface area contributed by atoms with Crippen LogP contribution in [-0.4, -0.2) is 39.8 Å². The van der Waals surface area contributed by atoms with Crippen LogP contribution in [0.15, 0.2) is 18.2 Å². The normalized spacial score (nSPS) is 17.7. The minimum Gasteiger partial charge on any atom is -0.347 e. The van der Waals surface area contributed by atoms with Gasteiger partial charge in [-0.25, -0.2) is 9.67 Å². The number of halogens is 1. The van der Waals surface area contributed by atoms with Gasteiger partial charge in [-0.3, -0.25) is 4.79 Å². The molecule has 0 aliphatic carbocycles. The van der Waals surface area contributed by atoms with Gasteiger partial charge in [0.1, 0.15) is 5.69 Å². The van der Waals surface area contributed by atoms with Gasteiger partial charge in [0.25, 0.3) is 5.91 Å². The highest BCUT2D eigenvalue weighted by atomic mass is 35.5. The Kier molecular flexibility index (Phi) is 4.13. The summed E-state index contributed by atoms with van der Waals surface area (Å²) in [5, 5.41) is 10.9. The predicted octanol–water partition coefficient (Wildman–Crippen LogP) is 1.63. The lowest BCUT2D eigenvalue weighted by atomic mass is 10.2. The number of pyridine rings is 1. The van der Waals surface area contributed by atoms with Crippen LogP contribution < -0.4 is 10.6 Å². The summed E-state index contributed by atoms with van der Waals surface area (Å²) in [5.74, 6) is 0.340. The lowest BCUT2D eigenvalue weighted by Gasteiger charge is -2.12. The number of carbonyl (C=O) groups is 1. The second kappa shape index (κ2) is 6.06. The van der Waals surface area contributed by atoms with Gasteiger partial charge in [0, 0.05) is 18.3 Å². The van der Waals surface area contributed by atoms with Crippen molar-refractivity contribution in [1.82, 2.24) is 25.4 Å². The van der Waals surface area contributed by atoms with E-state index in [1.54, 1.807) is 16.8 Å². The third kappa shape index (κ3) is 2.98. The van der Waals surface area contributed by atoms with E-state index >= 15 is 0 Å². The van der Waals surface area contributed by atoms with Gasteiger partial charge in [0.05, 0.1) is 10.7 Å². The van der Waals surface area contributed by atoms with Gasteiger partial charge < -0.3 is 10.6 Å².